The van der Waals surface area contributed by atoms with Gasteiger partial charge in [-0.25, -0.2) is 4.79 Å². The maximum absolute atomic E-state index is 12.7. The van der Waals surface area contributed by atoms with Crippen LogP contribution in [0.1, 0.15) is 36.4 Å². The summed E-state index contributed by atoms with van der Waals surface area (Å²) in [5, 5.41) is 14.3. The lowest BCUT2D eigenvalue weighted by atomic mass is 10.0. The summed E-state index contributed by atoms with van der Waals surface area (Å²) in [5.41, 5.74) is 0.607. The van der Waals surface area contributed by atoms with E-state index in [1.54, 1.807) is 30.3 Å². The van der Waals surface area contributed by atoms with Crippen LogP contribution < -0.4 is 10.6 Å². The number of hydrogen-bond acceptors (Lipinski definition) is 4. The SMILES string of the molecule is CC(C)CC(NC(=O)C(=Cc1ccccc1)NC(=O)c1ccco1)C(=O)O. The van der Waals surface area contributed by atoms with Gasteiger partial charge >= 0.3 is 5.97 Å². The van der Waals surface area contributed by atoms with E-state index in [1.165, 1.54) is 18.4 Å². The zero-order valence-electron chi connectivity index (χ0n) is 15.1. The number of nitrogens with one attached hydrogen (secondary N) is 2. The van der Waals surface area contributed by atoms with Crippen molar-refractivity contribution in [1.82, 2.24) is 10.6 Å². The Kier molecular flexibility index (Phi) is 6.93. The molecule has 1 heterocycles. The van der Waals surface area contributed by atoms with Crippen molar-refractivity contribution < 1.29 is 23.9 Å². The molecule has 0 aliphatic carbocycles. The number of benzene rings is 1. The smallest absolute Gasteiger partial charge is 0.326 e. The standard InChI is InChI=1S/C20H22N2O5/c1-13(2)11-16(20(25)26)22-18(23)15(12-14-7-4-3-5-8-14)21-19(24)17-9-6-10-27-17/h3-10,12-13,16H,11H2,1-2H3,(H,21,24)(H,22,23)(H,25,26). The normalized spacial score (nSPS) is 12.5. The average molecular weight is 370 g/mol. The van der Waals surface area contributed by atoms with Gasteiger partial charge in [-0.3, -0.25) is 9.59 Å². The molecule has 1 aromatic carbocycles. The average Bonchev–Trinajstić information content (AvgIpc) is 3.15. The molecular formula is C20H22N2O5. The fraction of sp³-hybridized carbons (Fsp3) is 0.250. The lowest BCUT2D eigenvalue weighted by Crippen LogP contribution is -2.44. The summed E-state index contributed by atoms with van der Waals surface area (Å²) in [6.45, 7) is 3.73. The van der Waals surface area contributed by atoms with Gasteiger partial charge in [-0.2, -0.15) is 0 Å². The van der Waals surface area contributed by atoms with Crippen LogP contribution in [0.25, 0.3) is 6.08 Å². The highest BCUT2D eigenvalue weighted by atomic mass is 16.4. The van der Waals surface area contributed by atoms with Crippen LogP contribution in [0.15, 0.2) is 58.8 Å². The number of carboxylic acid groups (broad SMARTS) is 1. The zero-order valence-corrected chi connectivity index (χ0v) is 15.1. The van der Waals surface area contributed by atoms with E-state index < -0.39 is 23.8 Å². The van der Waals surface area contributed by atoms with Gasteiger partial charge in [0, 0.05) is 0 Å². The minimum atomic E-state index is -1.13. The van der Waals surface area contributed by atoms with Crippen molar-refractivity contribution in [2.24, 2.45) is 5.92 Å². The minimum Gasteiger partial charge on any atom is -0.480 e. The van der Waals surface area contributed by atoms with E-state index in [4.69, 9.17) is 4.42 Å². The van der Waals surface area contributed by atoms with Gasteiger partial charge in [-0.15, -0.1) is 0 Å². The first-order chi connectivity index (χ1) is 12.9. The van der Waals surface area contributed by atoms with Crippen LogP contribution in [0.5, 0.6) is 0 Å². The molecule has 0 aliphatic heterocycles. The fourth-order valence-corrected chi connectivity index (χ4v) is 2.39. The molecule has 2 aromatic rings. The van der Waals surface area contributed by atoms with Crippen molar-refractivity contribution in [2.75, 3.05) is 0 Å². The third-order valence-corrected chi connectivity index (χ3v) is 3.66. The van der Waals surface area contributed by atoms with Gasteiger partial charge in [0.15, 0.2) is 5.76 Å². The Morgan fingerprint density at radius 3 is 2.37 bits per heavy atom. The quantitative estimate of drug-likeness (QED) is 0.619. The van der Waals surface area contributed by atoms with E-state index >= 15 is 0 Å². The molecule has 0 saturated heterocycles. The van der Waals surface area contributed by atoms with Crippen molar-refractivity contribution in [1.29, 1.82) is 0 Å². The van der Waals surface area contributed by atoms with Crippen molar-refractivity contribution in [2.45, 2.75) is 26.3 Å². The molecule has 1 aromatic heterocycles. The van der Waals surface area contributed by atoms with Crippen LogP contribution in [0.4, 0.5) is 0 Å². The summed E-state index contributed by atoms with van der Waals surface area (Å²) in [4.78, 5) is 36.4. The van der Waals surface area contributed by atoms with Gasteiger partial charge in [-0.05, 0) is 36.1 Å². The van der Waals surface area contributed by atoms with Crippen LogP contribution in [-0.4, -0.2) is 28.9 Å². The highest BCUT2D eigenvalue weighted by Gasteiger charge is 2.24. The summed E-state index contributed by atoms with van der Waals surface area (Å²) >= 11 is 0. The van der Waals surface area contributed by atoms with Crippen molar-refractivity contribution >= 4 is 23.9 Å². The molecule has 3 N–H and O–H groups in total. The van der Waals surface area contributed by atoms with Crippen molar-refractivity contribution in [3.63, 3.8) is 0 Å². The maximum Gasteiger partial charge on any atom is 0.326 e. The lowest BCUT2D eigenvalue weighted by Gasteiger charge is -2.18. The van der Waals surface area contributed by atoms with Crippen molar-refractivity contribution in [3.05, 3.63) is 65.7 Å². The van der Waals surface area contributed by atoms with Gasteiger partial charge in [0.1, 0.15) is 11.7 Å². The molecular weight excluding hydrogens is 348 g/mol. The third-order valence-electron chi connectivity index (χ3n) is 3.66. The van der Waals surface area contributed by atoms with Gasteiger partial charge in [-0.1, -0.05) is 44.2 Å². The lowest BCUT2D eigenvalue weighted by molar-refractivity contribution is -0.141. The Balaban J connectivity index is 2.25. The first-order valence-corrected chi connectivity index (χ1v) is 8.52. The van der Waals surface area contributed by atoms with Gasteiger partial charge < -0.3 is 20.2 Å². The highest BCUT2D eigenvalue weighted by Crippen LogP contribution is 2.10. The molecule has 2 amide bonds. The molecule has 0 radical (unpaired) electrons. The van der Waals surface area contributed by atoms with Gasteiger partial charge in [0.05, 0.1) is 6.26 Å². The maximum atomic E-state index is 12.7. The van der Waals surface area contributed by atoms with E-state index in [0.717, 1.165) is 0 Å². The predicted molar refractivity (Wildman–Crippen MR) is 99.6 cm³/mol. The van der Waals surface area contributed by atoms with Crippen LogP contribution in [0.2, 0.25) is 0 Å². The Morgan fingerprint density at radius 2 is 1.81 bits per heavy atom. The first-order valence-electron chi connectivity index (χ1n) is 8.52. The molecule has 0 bridgehead atoms. The molecule has 0 aliphatic rings. The van der Waals surface area contributed by atoms with Crippen LogP contribution in [0, 0.1) is 5.92 Å². The van der Waals surface area contributed by atoms with Gasteiger partial charge in [0.2, 0.25) is 0 Å². The van der Waals surface area contributed by atoms with Crippen LogP contribution in [-0.2, 0) is 9.59 Å². The molecule has 1 unspecified atom stereocenters. The first kappa shape index (κ1) is 20.0. The topological polar surface area (TPSA) is 109 Å². The van der Waals surface area contributed by atoms with Crippen LogP contribution in [0.3, 0.4) is 0 Å². The summed E-state index contributed by atoms with van der Waals surface area (Å²) in [6, 6.07) is 10.9. The number of amides is 2. The van der Waals surface area contributed by atoms with Crippen LogP contribution >= 0.6 is 0 Å². The minimum absolute atomic E-state index is 0.0405. The van der Waals surface area contributed by atoms with Crippen molar-refractivity contribution in [3.8, 4) is 0 Å². The fourth-order valence-electron chi connectivity index (χ4n) is 2.39. The number of hydrogen-bond donors (Lipinski definition) is 3. The second kappa shape index (κ2) is 9.38. The summed E-state index contributed by atoms with van der Waals surface area (Å²) in [6.07, 6.45) is 3.09. The highest BCUT2D eigenvalue weighted by molar-refractivity contribution is 6.05. The molecule has 0 fully saturated rings. The summed E-state index contributed by atoms with van der Waals surface area (Å²) < 4.78 is 5.03. The molecule has 2 rings (SSSR count). The monoisotopic (exact) mass is 370 g/mol. The number of rotatable bonds is 8. The Bertz CT molecular complexity index is 810. The van der Waals surface area contributed by atoms with E-state index in [1.807, 2.05) is 19.9 Å². The number of carbonyl (C=O) groups is 3. The second-order valence-corrected chi connectivity index (χ2v) is 6.39. The molecule has 142 valence electrons. The molecule has 27 heavy (non-hydrogen) atoms. The largest absolute Gasteiger partial charge is 0.480 e. The Labute approximate surface area is 157 Å². The van der Waals surface area contributed by atoms with E-state index in [0.29, 0.717) is 5.56 Å². The Morgan fingerprint density at radius 1 is 1.11 bits per heavy atom. The second-order valence-electron chi connectivity index (χ2n) is 6.39. The van der Waals surface area contributed by atoms with Gasteiger partial charge in [0.25, 0.3) is 11.8 Å². The number of furan rings is 1. The van der Waals surface area contributed by atoms with E-state index in [9.17, 15) is 19.5 Å². The van der Waals surface area contributed by atoms with E-state index in [2.05, 4.69) is 10.6 Å². The number of carboxylic acids is 1. The number of carbonyl (C=O) groups excluding carboxylic acids is 2. The molecule has 0 saturated carbocycles. The molecule has 0 spiro atoms. The molecule has 1 atom stereocenters. The van der Waals surface area contributed by atoms with E-state index in [-0.39, 0.29) is 23.8 Å². The predicted octanol–water partition coefficient (Wildman–Crippen LogP) is 2.67. The third kappa shape index (κ3) is 6.14. The zero-order chi connectivity index (χ0) is 19.8. The molecule has 7 heteroatoms. The Hall–Kier alpha value is -3.35. The summed E-state index contributed by atoms with van der Waals surface area (Å²) in [5.74, 6) is -2.31. The molecule has 7 nitrogen and oxygen atoms in total. The summed E-state index contributed by atoms with van der Waals surface area (Å²) in [7, 11) is 0. The number of aliphatic carboxylic acids is 1.